The Hall–Kier alpha value is -1.68. The van der Waals surface area contributed by atoms with Crippen molar-refractivity contribution in [3.8, 4) is 0 Å². The highest BCUT2D eigenvalue weighted by Gasteiger charge is 2.14. The van der Waals surface area contributed by atoms with E-state index in [1.807, 2.05) is 30.1 Å². The highest BCUT2D eigenvalue weighted by atomic mass is 15.3. The van der Waals surface area contributed by atoms with Gasteiger partial charge in [0.25, 0.3) is 0 Å². The van der Waals surface area contributed by atoms with E-state index >= 15 is 0 Å². The lowest BCUT2D eigenvalue weighted by Crippen LogP contribution is -2.22. The molecule has 0 N–H and O–H groups in total. The normalized spacial score (nSPS) is 12.9. The SMILES string of the molecule is Cc1nn(C)cc1CN(C)[C@@H](C)c1ccccn1. The Balaban J connectivity index is 2.08. The summed E-state index contributed by atoms with van der Waals surface area (Å²) in [4.78, 5) is 6.69. The lowest BCUT2D eigenvalue weighted by molar-refractivity contribution is 0.248. The number of aromatic nitrogens is 3. The Morgan fingerprint density at radius 3 is 2.72 bits per heavy atom. The molecule has 0 saturated heterocycles. The summed E-state index contributed by atoms with van der Waals surface area (Å²) >= 11 is 0. The van der Waals surface area contributed by atoms with Crippen molar-refractivity contribution in [3.05, 3.63) is 47.5 Å². The first-order chi connectivity index (χ1) is 8.58. The van der Waals surface area contributed by atoms with Gasteiger partial charge in [0, 0.05) is 37.6 Å². The molecule has 2 rings (SSSR count). The first kappa shape index (κ1) is 12.8. The Bertz CT molecular complexity index is 504. The smallest absolute Gasteiger partial charge is 0.0638 e. The van der Waals surface area contributed by atoms with Gasteiger partial charge in [0.15, 0.2) is 0 Å². The van der Waals surface area contributed by atoms with Gasteiger partial charge in [-0.25, -0.2) is 0 Å². The van der Waals surface area contributed by atoms with Crippen molar-refractivity contribution in [3.63, 3.8) is 0 Å². The van der Waals surface area contributed by atoms with E-state index in [2.05, 4.69) is 48.1 Å². The van der Waals surface area contributed by atoms with Gasteiger partial charge in [0.1, 0.15) is 0 Å². The molecule has 0 saturated carbocycles. The van der Waals surface area contributed by atoms with Gasteiger partial charge in [-0.2, -0.15) is 5.10 Å². The second kappa shape index (κ2) is 5.31. The maximum Gasteiger partial charge on any atom is 0.0638 e. The van der Waals surface area contributed by atoms with Crippen molar-refractivity contribution < 1.29 is 0 Å². The average Bonchev–Trinajstić information content (AvgIpc) is 2.68. The summed E-state index contributed by atoms with van der Waals surface area (Å²) < 4.78 is 1.87. The van der Waals surface area contributed by atoms with Gasteiger partial charge in [0.2, 0.25) is 0 Å². The highest BCUT2D eigenvalue weighted by molar-refractivity contribution is 5.16. The Morgan fingerprint density at radius 2 is 2.17 bits per heavy atom. The second-order valence-electron chi connectivity index (χ2n) is 4.76. The van der Waals surface area contributed by atoms with E-state index in [4.69, 9.17) is 0 Å². The topological polar surface area (TPSA) is 34.0 Å². The maximum absolute atomic E-state index is 4.41. The first-order valence-electron chi connectivity index (χ1n) is 6.18. The minimum Gasteiger partial charge on any atom is -0.294 e. The van der Waals surface area contributed by atoms with E-state index in [0.29, 0.717) is 6.04 Å². The molecule has 0 spiro atoms. The molecule has 2 aromatic heterocycles. The van der Waals surface area contributed by atoms with Crippen LogP contribution in [0.5, 0.6) is 0 Å². The van der Waals surface area contributed by atoms with Crippen LogP contribution in [0.3, 0.4) is 0 Å². The molecular formula is C14H20N4. The summed E-state index contributed by atoms with van der Waals surface area (Å²) in [5.41, 5.74) is 3.46. The molecule has 0 aliphatic carbocycles. The molecule has 0 aromatic carbocycles. The summed E-state index contributed by atoms with van der Waals surface area (Å²) in [5.74, 6) is 0. The van der Waals surface area contributed by atoms with Crippen LogP contribution < -0.4 is 0 Å². The van der Waals surface area contributed by atoms with Crippen LogP contribution in [-0.4, -0.2) is 26.7 Å². The predicted molar refractivity (Wildman–Crippen MR) is 72.1 cm³/mol. The van der Waals surface area contributed by atoms with Crippen LogP contribution in [0, 0.1) is 6.92 Å². The molecule has 18 heavy (non-hydrogen) atoms. The van der Waals surface area contributed by atoms with E-state index in [1.165, 1.54) is 5.56 Å². The van der Waals surface area contributed by atoms with Crippen molar-refractivity contribution in [1.82, 2.24) is 19.7 Å². The van der Waals surface area contributed by atoms with E-state index in [1.54, 1.807) is 0 Å². The molecule has 2 aromatic rings. The first-order valence-corrected chi connectivity index (χ1v) is 6.18. The zero-order valence-corrected chi connectivity index (χ0v) is 11.5. The summed E-state index contributed by atoms with van der Waals surface area (Å²) in [6.07, 6.45) is 3.92. The molecule has 0 bridgehead atoms. The zero-order chi connectivity index (χ0) is 13.1. The van der Waals surface area contributed by atoms with E-state index in [9.17, 15) is 0 Å². The van der Waals surface area contributed by atoms with E-state index < -0.39 is 0 Å². The Labute approximate surface area is 108 Å². The van der Waals surface area contributed by atoms with Gasteiger partial charge in [-0.1, -0.05) is 6.07 Å². The highest BCUT2D eigenvalue weighted by Crippen LogP contribution is 2.19. The number of rotatable bonds is 4. The third kappa shape index (κ3) is 2.76. The van der Waals surface area contributed by atoms with Gasteiger partial charge in [-0.05, 0) is 33.0 Å². The van der Waals surface area contributed by atoms with E-state index in [-0.39, 0.29) is 0 Å². The third-order valence-electron chi connectivity index (χ3n) is 3.31. The number of pyridine rings is 1. The second-order valence-corrected chi connectivity index (χ2v) is 4.76. The van der Waals surface area contributed by atoms with Gasteiger partial charge in [-0.3, -0.25) is 14.6 Å². The summed E-state index contributed by atoms with van der Waals surface area (Å²) in [6, 6.07) is 6.34. The predicted octanol–water partition coefficient (Wildman–Crippen LogP) is 2.32. The Kier molecular flexibility index (Phi) is 3.77. The van der Waals surface area contributed by atoms with Crippen LogP contribution in [0.4, 0.5) is 0 Å². The van der Waals surface area contributed by atoms with Gasteiger partial charge < -0.3 is 0 Å². The van der Waals surface area contributed by atoms with Crippen molar-refractivity contribution >= 4 is 0 Å². The van der Waals surface area contributed by atoms with Gasteiger partial charge in [-0.15, -0.1) is 0 Å². The maximum atomic E-state index is 4.41. The molecule has 0 unspecified atom stereocenters. The molecule has 0 amide bonds. The third-order valence-corrected chi connectivity index (χ3v) is 3.31. The van der Waals surface area contributed by atoms with Crippen molar-refractivity contribution in [2.24, 2.45) is 7.05 Å². The van der Waals surface area contributed by atoms with E-state index in [0.717, 1.165) is 17.9 Å². The van der Waals surface area contributed by atoms with Crippen LogP contribution >= 0.6 is 0 Å². The zero-order valence-electron chi connectivity index (χ0n) is 11.5. The Morgan fingerprint density at radius 1 is 1.39 bits per heavy atom. The van der Waals surface area contributed by atoms with Gasteiger partial charge in [0.05, 0.1) is 11.4 Å². The van der Waals surface area contributed by atoms with Crippen LogP contribution in [0.25, 0.3) is 0 Å². The quantitative estimate of drug-likeness (QED) is 0.827. The molecule has 0 aliphatic rings. The molecule has 2 heterocycles. The van der Waals surface area contributed by atoms with Gasteiger partial charge >= 0.3 is 0 Å². The number of aryl methyl sites for hydroxylation is 2. The van der Waals surface area contributed by atoms with Crippen molar-refractivity contribution in [1.29, 1.82) is 0 Å². The fraction of sp³-hybridized carbons (Fsp3) is 0.429. The lowest BCUT2D eigenvalue weighted by Gasteiger charge is -2.23. The average molecular weight is 244 g/mol. The number of hydrogen-bond donors (Lipinski definition) is 0. The number of nitrogens with zero attached hydrogens (tertiary/aromatic N) is 4. The molecule has 0 aliphatic heterocycles. The molecule has 4 nitrogen and oxygen atoms in total. The standard InChI is InChI=1S/C14H20N4/c1-11-13(10-18(4)16-11)9-17(3)12(2)14-7-5-6-8-15-14/h5-8,10,12H,9H2,1-4H3/t12-/m0/s1. The van der Waals surface area contributed by atoms with Crippen LogP contribution in [0.1, 0.15) is 29.9 Å². The molecule has 1 atom stereocenters. The fourth-order valence-electron chi connectivity index (χ4n) is 2.06. The minimum atomic E-state index is 0.297. The molecule has 0 radical (unpaired) electrons. The monoisotopic (exact) mass is 244 g/mol. The number of hydrogen-bond acceptors (Lipinski definition) is 3. The van der Waals surface area contributed by atoms with Crippen LogP contribution in [0.15, 0.2) is 30.6 Å². The summed E-state index contributed by atoms with van der Waals surface area (Å²) in [5, 5.41) is 4.37. The van der Waals surface area contributed by atoms with Crippen LogP contribution in [-0.2, 0) is 13.6 Å². The van der Waals surface area contributed by atoms with Crippen molar-refractivity contribution in [2.45, 2.75) is 26.4 Å². The van der Waals surface area contributed by atoms with Crippen molar-refractivity contribution in [2.75, 3.05) is 7.05 Å². The minimum absolute atomic E-state index is 0.297. The van der Waals surface area contributed by atoms with Crippen LogP contribution in [0.2, 0.25) is 0 Å². The summed E-state index contributed by atoms with van der Waals surface area (Å²) in [7, 11) is 4.07. The fourth-order valence-corrected chi connectivity index (χ4v) is 2.06. The molecule has 96 valence electrons. The molecular weight excluding hydrogens is 224 g/mol. The molecule has 4 heteroatoms. The molecule has 0 fully saturated rings. The summed E-state index contributed by atoms with van der Waals surface area (Å²) in [6.45, 7) is 5.11. The lowest BCUT2D eigenvalue weighted by atomic mass is 10.1. The largest absolute Gasteiger partial charge is 0.294 e.